The molecular weight excluding hydrogens is 336 g/mol. The summed E-state index contributed by atoms with van der Waals surface area (Å²) in [4.78, 5) is 14.0. The maximum absolute atomic E-state index is 11.8. The van der Waals surface area contributed by atoms with Crippen molar-refractivity contribution in [2.45, 2.75) is 26.4 Å². The van der Waals surface area contributed by atoms with E-state index in [-0.39, 0.29) is 0 Å². The molecule has 0 bridgehead atoms. The molecule has 1 fully saturated rings. The number of carbonyl (C=O) groups is 1. The standard InChI is InChI=1S/C15H21BrN2O3/c1-15(2,3)21-14(19)17-13-5-4-11(10-12(13)16)18-6-8-20-9-7-18/h4-5,10H,6-9H2,1-3H3,(H,17,19). The molecule has 0 aliphatic carbocycles. The Hall–Kier alpha value is -1.27. The maximum atomic E-state index is 11.8. The van der Waals surface area contributed by atoms with E-state index < -0.39 is 11.7 Å². The van der Waals surface area contributed by atoms with Crippen molar-refractivity contribution in [2.24, 2.45) is 0 Å². The van der Waals surface area contributed by atoms with Gasteiger partial charge in [0.05, 0.1) is 18.9 Å². The number of amides is 1. The first kappa shape index (κ1) is 16.1. The van der Waals surface area contributed by atoms with Gasteiger partial charge in [0.25, 0.3) is 0 Å². The van der Waals surface area contributed by atoms with E-state index in [1.807, 2.05) is 39.0 Å². The number of nitrogens with one attached hydrogen (secondary N) is 1. The number of ether oxygens (including phenoxy) is 2. The fourth-order valence-electron chi connectivity index (χ4n) is 2.04. The molecule has 116 valence electrons. The van der Waals surface area contributed by atoms with Gasteiger partial charge in [0.15, 0.2) is 0 Å². The van der Waals surface area contributed by atoms with Gasteiger partial charge in [0, 0.05) is 23.2 Å². The van der Waals surface area contributed by atoms with Gasteiger partial charge in [-0.25, -0.2) is 4.79 Å². The van der Waals surface area contributed by atoms with Crippen molar-refractivity contribution in [1.82, 2.24) is 0 Å². The molecule has 0 aromatic heterocycles. The molecule has 0 spiro atoms. The first-order valence-corrected chi connectivity index (χ1v) is 7.77. The van der Waals surface area contributed by atoms with Gasteiger partial charge in [0.2, 0.25) is 0 Å². The van der Waals surface area contributed by atoms with Crippen LogP contribution in [0, 0.1) is 0 Å². The second-order valence-electron chi connectivity index (χ2n) is 5.89. The van der Waals surface area contributed by atoms with Gasteiger partial charge in [-0.05, 0) is 54.9 Å². The van der Waals surface area contributed by atoms with Crippen molar-refractivity contribution in [2.75, 3.05) is 36.5 Å². The zero-order valence-electron chi connectivity index (χ0n) is 12.6. The zero-order valence-corrected chi connectivity index (χ0v) is 14.2. The second kappa shape index (κ2) is 6.66. The summed E-state index contributed by atoms with van der Waals surface area (Å²) in [7, 11) is 0. The molecule has 1 heterocycles. The summed E-state index contributed by atoms with van der Waals surface area (Å²) in [6, 6.07) is 5.86. The third kappa shape index (κ3) is 4.89. The molecule has 0 radical (unpaired) electrons. The molecule has 1 saturated heterocycles. The normalized spacial score (nSPS) is 15.7. The van der Waals surface area contributed by atoms with E-state index in [2.05, 4.69) is 26.1 Å². The summed E-state index contributed by atoms with van der Waals surface area (Å²) in [5, 5.41) is 2.75. The molecule has 1 N–H and O–H groups in total. The van der Waals surface area contributed by atoms with Crippen LogP contribution in [0.2, 0.25) is 0 Å². The van der Waals surface area contributed by atoms with E-state index in [1.165, 1.54) is 0 Å². The number of anilines is 2. The van der Waals surface area contributed by atoms with E-state index in [4.69, 9.17) is 9.47 Å². The molecule has 0 atom stereocenters. The number of morpholine rings is 1. The molecule has 1 amide bonds. The molecule has 1 aliphatic rings. The Morgan fingerprint density at radius 3 is 2.57 bits per heavy atom. The Morgan fingerprint density at radius 1 is 1.33 bits per heavy atom. The molecule has 1 aliphatic heterocycles. The van der Waals surface area contributed by atoms with E-state index in [0.717, 1.165) is 36.5 Å². The summed E-state index contributed by atoms with van der Waals surface area (Å²) in [5.74, 6) is 0. The van der Waals surface area contributed by atoms with Gasteiger partial charge >= 0.3 is 6.09 Å². The Balaban J connectivity index is 2.03. The highest BCUT2D eigenvalue weighted by Gasteiger charge is 2.18. The number of carbonyl (C=O) groups excluding carboxylic acids is 1. The summed E-state index contributed by atoms with van der Waals surface area (Å²) in [6.45, 7) is 8.76. The van der Waals surface area contributed by atoms with E-state index >= 15 is 0 Å². The Bertz CT molecular complexity index is 508. The first-order chi connectivity index (χ1) is 9.85. The first-order valence-electron chi connectivity index (χ1n) is 6.97. The minimum Gasteiger partial charge on any atom is -0.444 e. The van der Waals surface area contributed by atoms with Crippen LogP contribution in [-0.4, -0.2) is 38.0 Å². The van der Waals surface area contributed by atoms with Crippen LogP contribution in [-0.2, 0) is 9.47 Å². The largest absolute Gasteiger partial charge is 0.444 e. The summed E-state index contributed by atoms with van der Waals surface area (Å²) < 4.78 is 11.4. The van der Waals surface area contributed by atoms with E-state index in [0.29, 0.717) is 5.69 Å². The van der Waals surface area contributed by atoms with Crippen LogP contribution in [0.25, 0.3) is 0 Å². The lowest BCUT2D eigenvalue weighted by atomic mass is 10.2. The van der Waals surface area contributed by atoms with E-state index in [1.54, 1.807) is 0 Å². The molecule has 5 nitrogen and oxygen atoms in total. The lowest BCUT2D eigenvalue weighted by molar-refractivity contribution is 0.0636. The summed E-state index contributed by atoms with van der Waals surface area (Å²) in [5.41, 5.74) is 1.30. The maximum Gasteiger partial charge on any atom is 0.412 e. The summed E-state index contributed by atoms with van der Waals surface area (Å²) >= 11 is 3.49. The number of benzene rings is 1. The van der Waals surface area contributed by atoms with Crippen LogP contribution >= 0.6 is 15.9 Å². The Morgan fingerprint density at radius 2 is 2.00 bits per heavy atom. The van der Waals surface area contributed by atoms with Crippen molar-refractivity contribution in [3.05, 3.63) is 22.7 Å². The molecule has 1 aromatic carbocycles. The molecule has 0 unspecified atom stereocenters. The molecule has 2 rings (SSSR count). The lowest BCUT2D eigenvalue weighted by Crippen LogP contribution is -2.36. The molecular formula is C15H21BrN2O3. The topological polar surface area (TPSA) is 50.8 Å². The van der Waals surface area contributed by atoms with Crippen LogP contribution in [0.4, 0.5) is 16.2 Å². The minimum absolute atomic E-state index is 0.456. The fourth-order valence-corrected chi connectivity index (χ4v) is 2.50. The SMILES string of the molecule is CC(C)(C)OC(=O)Nc1ccc(N2CCOCC2)cc1Br. The number of rotatable bonds is 2. The monoisotopic (exact) mass is 356 g/mol. The van der Waals surface area contributed by atoms with E-state index in [9.17, 15) is 4.79 Å². The van der Waals surface area contributed by atoms with Gasteiger partial charge in [0.1, 0.15) is 5.60 Å². The van der Waals surface area contributed by atoms with Gasteiger partial charge in [-0.2, -0.15) is 0 Å². The Kier molecular flexibility index (Phi) is 5.11. The van der Waals surface area contributed by atoms with Crippen molar-refractivity contribution in [1.29, 1.82) is 0 Å². The van der Waals surface area contributed by atoms with Crippen LogP contribution in [0.1, 0.15) is 20.8 Å². The highest BCUT2D eigenvalue weighted by atomic mass is 79.9. The number of hydrogen-bond acceptors (Lipinski definition) is 4. The average molecular weight is 357 g/mol. The van der Waals surface area contributed by atoms with Crippen LogP contribution < -0.4 is 10.2 Å². The van der Waals surface area contributed by atoms with Crippen LogP contribution in [0.5, 0.6) is 0 Å². The minimum atomic E-state index is -0.510. The molecule has 6 heteroatoms. The smallest absolute Gasteiger partial charge is 0.412 e. The van der Waals surface area contributed by atoms with Gasteiger partial charge < -0.3 is 14.4 Å². The number of nitrogens with zero attached hydrogens (tertiary/aromatic N) is 1. The van der Waals surface area contributed by atoms with Gasteiger partial charge in [-0.3, -0.25) is 5.32 Å². The molecule has 0 saturated carbocycles. The highest BCUT2D eigenvalue weighted by molar-refractivity contribution is 9.10. The van der Waals surface area contributed by atoms with Crippen LogP contribution in [0.15, 0.2) is 22.7 Å². The number of halogens is 1. The molecule has 1 aromatic rings. The third-order valence-corrected chi connectivity index (χ3v) is 3.62. The fraction of sp³-hybridized carbons (Fsp3) is 0.533. The predicted octanol–water partition coefficient (Wildman–Crippen LogP) is 3.63. The van der Waals surface area contributed by atoms with Crippen molar-refractivity contribution in [3.63, 3.8) is 0 Å². The average Bonchev–Trinajstić information content (AvgIpc) is 2.40. The third-order valence-electron chi connectivity index (χ3n) is 2.96. The van der Waals surface area contributed by atoms with Crippen molar-refractivity contribution in [3.8, 4) is 0 Å². The van der Waals surface area contributed by atoms with Gasteiger partial charge in [-0.15, -0.1) is 0 Å². The zero-order chi connectivity index (χ0) is 15.5. The second-order valence-corrected chi connectivity index (χ2v) is 6.74. The lowest BCUT2D eigenvalue weighted by Gasteiger charge is -2.29. The van der Waals surface area contributed by atoms with Crippen LogP contribution in [0.3, 0.4) is 0 Å². The quantitative estimate of drug-likeness (QED) is 0.878. The highest BCUT2D eigenvalue weighted by Crippen LogP contribution is 2.28. The van der Waals surface area contributed by atoms with Gasteiger partial charge in [-0.1, -0.05) is 0 Å². The Labute approximate surface area is 133 Å². The summed E-state index contributed by atoms with van der Waals surface area (Å²) in [6.07, 6.45) is -0.456. The number of hydrogen-bond donors (Lipinski definition) is 1. The molecule has 21 heavy (non-hydrogen) atoms. The van der Waals surface area contributed by atoms with Crippen molar-refractivity contribution < 1.29 is 14.3 Å². The predicted molar refractivity (Wildman–Crippen MR) is 87.0 cm³/mol. The van der Waals surface area contributed by atoms with Crippen molar-refractivity contribution >= 4 is 33.4 Å².